The molecule has 0 saturated carbocycles. The summed E-state index contributed by atoms with van der Waals surface area (Å²) in [7, 11) is 0. The highest BCUT2D eigenvalue weighted by molar-refractivity contribution is 5.23. The van der Waals surface area contributed by atoms with E-state index in [-0.39, 0.29) is 18.3 Å². The van der Waals surface area contributed by atoms with Crippen molar-refractivity contribution in [2.45, 2.75) is 31.2 Å². The van der Waals surface area contributed by atoms with Crippen LogP contribution in [0, 0.1) is 0 Å². The zero-order valence-electron chi connectivity index (χ0n) is 8.50. The summed E-state index contributed by atoms with van der Waals surface area (Å²) < 4.78 is 11.2. The Morgan fingerprint density at radius 2 is 2.00 bits per heavy atom. The molecule has 1 aromatic rings. The molecule has 15 heavy (non-hydrogen) atoms. The molecule has 78 valence electrons. The zero-order chi connectivity index (χ0) is 10.1. The molecule has 3 rings (SSSR count). The third kappa shape index (κ3) is 1.77. The SMILES string of the molecule is C1=COC([C@@H]2O[C@H]2c2ccccc2)CC1. The number of hydrogen-bond acceptors (Lipinski definition) is 2. The summed E-state index contributed by atoms with van der Waals surface area (Å²) in [5, 5.41) is 0. The second-order valence-electron chi connectivity index (χ2n) is 4.06. The molecule has 0 aromatic heterocycles. The number of benzene rings is 1. The lowest BCUT2D eigenvalue weighted by atomic mass is 10.0. The highest BCUT2D eigenvalue weighted by atomic mass is 16.6. The van der Waals surface area contributed by atoms with Gasteiger partial charge in [0, 0.05) is 0 Å². The minimum Gasteiger partial charge on any atom is -0.496 e. The van der Waals surface area contributed by atoms with Crippen molar-refractivity contribution in [2.75, 3.05) is 0 Å². The quantitative estimate of drug-likeness (QED) is 0.688. The molecule has 1 fully saturated rings. The van der Waals surface area contributed by atoms with Crippen molar-refractivity contribution < 1.29 is 9.47 Å². The van der Waals surface area contributed by atoms with E-state index in [4.69, 9.17) is 9.47 Å². The molecular weight excluding hydrogens is 188 g/mol. The van der Waals surface area contributed by atoms with Crippen molar-refractivity contribution in [3.05, 3.63) is 48.2 Å². The van der Waals surface area contributed by atoms with Crippen LogP contribution in [0.5, 0.6) is 0 Å². The number of epoxide rings is 1. The molecule has 0 radical (unpaired) electrons. The molecule has 1 aromatic carbocycles. The molecule has 0 aliphatic carbocycles. The van der Waals surface area contributed by atoms with E-state index >= 15 is 0 Å². The average Bonchev–Trinajstić information content (AvgIpc) is 3.11. The van der Waals surface area contributed by atoms with E-state index in [2.05, 4.69) is 30.3 Å². The van der Waals surface area contributed by atoms with Crippen LogP contribution in [-0.4, -0.2) is 12.2 Å². The van der Waals surface area contributed by atoms with E-state index in [1.54, 1.807) is 6.26 Å². The van der Waals surface area contributed by atoms with Gasteiger partial charge >= 0.3 is 0 Å². The van der Waals surface area contributed by atoms with Gasteiger partial charge < -0.3 is 9.47 Å². The maximum Gasteiger partial charge on any atom is 0.127 e. The van der Waals surface area contributed by atoms with E-state index < -0.39 is 0 Å². The van der Waals surface area contributed by atoms with E-state index in [0.717, 1.165) is 12.8 Å². The molecule has 0 N–H and O–H groups in total. The first-order valence-corrected chi connectivity index (χ1v) is 5.46. The second-order valence-corrected chi connectivity index (χ2v) is 4.06. The number of hydrogen-bond donors (Lipinski definition) is 0. The molecule has 2 aliphatic heterocycles. The smallest absolute Gasteiger partial charge is 0.127 e. The first-order valence-electron chi connectivity index (χ1n) is 5.46. The Kier molecular flexibility index (Phi) is 2.22. The van der Waals surface area contributed by atoms with Crippen molar-refractivity contribution in [1.29, 1.82) is 0 Å². The molecule has 2 heterocycles. The van der Waals surface area contributed by atoms with Crippen LogP contribution in [0.25, 0.3) is 0 Å². The molecule has 2 heteroatoms. The topological polar surface area (TPSA) is 21.8 Å². The Balaban J connectivity index is 1.67. The van der Waals surface area contributed by atoms with Crippen LogP contribution in [0.4, 0.5) is 0 Å². The molecule has 0 spiro atoms. The normalized spacial score (nSPS) is 33.5. The molecule has 1 saturated heterocycles. The summed E-state index contributed by atoms with van der Waals surface area (Å²) in [6, 6.07) is 10.4. The molecule has 3 atom stereocenters. The predicted molar refractivity (Wildman–Crippen MR) is 57.3 cm³/mol. The highest BCUT2D eigenvalue weighted by Gasteiger charge is 2.46. The van der Waals surface area contributed by atoms with Crippen LogP contribution >= 0.6 is 0 Å². The molecule has 0 bridgehead atoms. The van der Waals surface area contributed by atoms with Crippen molar-refractivity contribution in [1.82, 2.24) is 0 Å². The first kappa shape index (κ1) is 8.98. The minimum atomic E-state index is 0.250. The monoisotopic (exact) mass is 202 g/mol. The Bertz CT molecular complexity index is 358. The van der Waals surface area contributed by atoms with Crippen LogP contribution in [0.2, 0.25) is 0 Å². The van der Waals surface area contributed by atoms with E-state index in [1.807, 2.05) is 6.07 Å². The van der Waals surface area contributed by atoms with Crippen LogP contribution in [0.3, 0.4) is 0 Å². The fourth-order valence-corrected chi connectivity index (χ4v) is 2.11. The number of ether oxygens (including phenoxy) is 2. The third-order valence-electron chi connectivity index (χ3n) is 2.99. The van der Waals surface area contributed by atoms with Gasteiger partial charge in [-0.25, -0.2) is 0 Å². The van der Waals surface area contributed by atoms with Gasteiger partial charge in [-0.3, -0.25) is 0 Å². The molecule has 2 nitrogen and oxygen atoms in total. The van der Waals surface area contributed by atoms with Crippen molar-refractivity contribution in [3.8, 4) is 0 Å². The van der Waals surface area contributed by atoms with Gasteiger partial charge in [0.25, 0.3) is 0 Å². The lowest BCUT2D eigenvalue weighted by Gasteiger charge is -2.17. The maximum absolute atomic E-state index is 5.68. The lowest BCUT2D eigenvalue weighted by molar-refractivity contribution is 0.0939. The van der Waals surface area contributed by atoms with Gasteiger partial charge in [0.15, 0.2) is 0 Å². The summed E-state index contributed by atoms with van der Waals surface area (Å²) in [5.41, 5.74) is 1.26. The van der Waals surface area contributed by atoms with Crippen molar-refractivity contribution >= 4 is 0 Å². The fourth-order valence-electron chi connectivity index (χ4n) is 2.11. The van der Waals surface area contributed by atoms with Gasteiger partial charge in [0.2, 0.25) is 0 Å². The first-order chi connectivity index (χ1) is 7.45. The van der Waals surface area contributed by atoms with E-state index in [9.17, 15) is 0 Å². The summed E-state index contributed by atoms with van der Waals surface area (Å²) in [5.74, 6) is 0. The van der Waals surface area contributed by atoms with Gasteiger partial charge in [-0.1, -0.05) is 30.3 Å². The zero-order valence-corrected chi connectivity index (χ0v) is 8.50. The fraction of sp³-hybridized carbons (Fsp3) is 0.385. The van der Waals surface area contributed by atoms with Gasteiger partial charge in [0.1, 0.15) is 18.3 Å². The maximum atomic E-state index is 5.68. The van der Waals surface area contributed by atoms with Gasteiger partial charge in [0.05, 0.1) is 6.26 Å². The number of rotatable bonds is 2. The Labute approximate surface area is 89.5 Å². The van der Waals surface area contributed by atoms with Crippen molar-refractivity contribution in [2.24, 2.45) is 0 Å². The van der Waals surface area contributed by atoms with Gasteiger partial charge in [-0.15, -0.1) is 0 Å². The van der Waals surface area contributed by atoms with Crippen LogP contribution < -0.4 is 0 Å². The van der Waals surface area contributed by atoms with Crippen molar-refractivity contribution in [3.63, 3.8) is 0 Å². The predicted octanol–water partition coefficient (Wildman–Crippen LogP) is 2.82. The molecular formula is C13H14O2. The minimum absolute atomic E-state index is 0.250. The Morgan fingerprint density at radius 3 is 2.73 bits per heavy atom. The molecule has 0 amide bonds. The van der Waals surface area contributed by atoms with Gasteiger partial charge in [-0.05, 0) is 24.5 Å². The Hall–Kier alpha value is -1.28. The van der Waals surface area contributed by atoms with E-state index in [1.165, 1.54) is 5.56 Å². The summed E-state index contributed by atoms with van der Waals surface area (Å²) in [6.07, 6.45) is 6.81. The average molecular weight is 202 g/mol. The summed E-state index contributed by atoms with van der Waals surface area (Å²) >= 11 is 0. The third-order valence-corrected chi connectivity index (χ3v) is 2.99. The van der Waals surface area contributed by atoms with Crippen LogP contribution in [0.1, 0.15) is 24.5 Å². The highest BCUT2D eigenvalue weighted by Crippen LogP contribution is 2.43. The standard InChI is InChI=1S/C13H14O2/c1-2-6-10(7-3-1)12-13(15-12)11-8-4-5-9-14-11/h1-3,5-7,9,11-13H,4,8H2/t11?,12-,13-/m0/s1. The number of allylic oxidation sites excluding steroid dienone is 1. The van der Waals surface area contributed by atoms with Crippen LogP contribution in [-0.2, 0) is 9.47 Å². The Morgan fingerprint density at radius 1 is 1.13 bits per heavy atom. The lowest BCUT2D eigenvalue weighted by Crippen LogP contribution is -2.19. The van der Waals surface area contributed by atoms with E-state index in [0.29, 0.717) is 0 Å². The summed E-state index contributed by atoms with van der Waals surface area (Å²) in [4.78, 5) is 0. The van der Waals surface area contributed by atoms with Crippen LogP contribution in [0.15, 0.2) is 42.7 Å². The van der Waals surface area contributed by atoms with Gasteiger partial charge in [-0.2, -0.15) is 0 Å². The molecule has 1 unspecified atom stereocenters. The summed E-state index contributed by atoms with van der Waals surface area (Å²) in [6.45, 7) is 0. The second kappa shape index (κ2) is 3.70. The molecule has 2 aliphatic rings. The largest absolute Gasteiger partial charge is 0.496 e.